The number of benzene rings is 1. The average molecular weight is 357 g/mol. The van der Waals surface area contributed by atoms with E-state index in [-0.39, 0.29) is 24.0 Å². The Labute approximate surface area is 132 Å². The first-order chi connectivity index (χ1) is 10.2. The summed E-state index contributed by atoms with van der Waals surface area (Å²) in [6, 6.07) is 2.34. The SMILES string of the molecule is CNC[C@H]1CCN(S(=O)(=O)c2cc(C(F)(F)F)ccc2Cl)C1. The molecule has 0 bridgehead atoms. The largest absolute Gasteiger partial charge is 0.416 e. The van der Waals surface area contributed by atoms with Gasteiger partial charge in [0.1, 0.15) is 4.90 Å². The second kappa shape index (κ2) is 6.35. The van der Waals surface area contributed by atoms with Crippen molar-refractivity contribution in [3.63, 3.8) is 0 Å². The van der Waals surface area contributed by atoms with Gasteiger partial charge in [-0.2, -0.15) is 17.5 Å². The van der Waals surface area contributed by atoms with Crippen molar-refractivity contribution in [2.24, 2.45) is 5.92 Å². The van der Waals surface area contributed by atoms with Gasteiger partial charge in [0.05, 0.1) is 10.6 Å². The summed E-state index contributed by atoms with van der Waals surface area (Å²) in [7, 11) is -2.27. The normalized spacial score (nSPS) is 20.5. The lowest BCUT2D eigenvalue weighted by molar-refractivity contribution is -0.137. The van der Waals surface area contributed by atoms with Crippen molar-refractivity contribution in [3.05, 3.63) is 28.8 Å². The average Bonchev–Trinajstić information content (AvgIpc) is 2.87. The Hall–Kier alpha value is -0.830. The number of alkyl halides is 3. The second-order valence-corrected chi connectivity index (χ2v) is 7.53. The molecule has 0 radical (unpaired) electrons. The summed E-state index contributed by atoms with van der Waals surface area (Å²) in [6.45, 7) is 1.21. The van der Waals surface area contributed by atoms with E-state index >= 15 is 0 Å². The van der Waals surface area contributed by atoms with Gasteiger partial charge < -0.3 is 5.32 Å². The Kier molecular flexibility index (Phi) is 5.06. The van der Waals surface area contributed by atoms with Crippen LogP contribution >= 0.6 is 11.6 Å². The van der Waals surface area contributed by atoms with Gasteiger partial charge in [0.25, 0.3) is 0 Å². The molecular formula is C13H16ClF3N2O2S. The number of hydrogen-bond donors (Lipinski definition) is 1. The van der Waals surface area contributed by atoms with Crippen LogP contribution in [0.15, 0.2) is 23.1 Å². The van der Waals surface area contributed by atoms with E-state index in [4.69, 9.17) is 11.6 Å². The zero-order valence-electron chi connectivity index (χ0n) is 11.8. The molecule has 0 spiro atoms. The van der Waals surface area contributed by atoms with Crippen molar-refractivity contribution < 1.29 is 21.6 Å². The molecule has 1 saturated heterocycles. The van der Waals surface area contributed by atoms with Gasteiger partial charge in [-0.15, -0.1) is 0 Å². The molecule has 4 nitrogen and oxygen atoms in total. The molecule has 124 valence electrons. The topological polar surface area (TPSA) is 49.4 Å². The number of hydrogen-bond acceptors (Lipinski definition) is 3. The number of nitrogens with zero attached hydrogens (tertiary/aromatic N) is 1. The number of nitrogens with one attached hydrogen (secondary N) is 1. The van der Waals surface area contributed by atoms with E-state index in [9.17, 15) is 21.6 Å². The predicted molar refractivity (Wildman–Crippen MR) is 77.2 cm³/mol. The van der Waals surface area contributed by atoms with E-state index in [1.807, 2.05) is 0 Å². The maximum atomic E-state index is 12.8. The van der Waals surface area contributed by atoms with Crippen LogP contribution in [0.5, 0.6) is 0 Å². The van der Waals surface area contributed by atoms with Crippen LogP contribution in [0.25, 0.3) is 0 Å². The minimum Gasteiger partial charge on any atom is -0.319 e. The van der Waals surface area contributed by atoms with Crippen LogP contribution in [0.4, 0.5) is 13.2 Å². The molecule has 1 aromatic rings. The highest BCUT2D eigenvalue weighted by molar-refractivity contribution is 7.89. The molecule has 0 saturated carbocycles. The summed E-state index contributed by atoms with van der Waals surface area (Å²) in [5, 5.41) is 2.76. The van der Waals surface area contributed by atoms with E-state index in [0.29, 0.717) is 19.0 Å². The maximum absolute atomic E-state index is 12.8. The van der Waals surface area contributed by atoms with Crippen LogP contribution in [0.1, 0.15) is 12.0 Å². The van der Waals surface area contributed by atoms with Crippen LogP contribution < -0.4 is 5.32 Å². The molecule has 2 rings (SSSR count). The third kappa shape index (κ3) is 3.56. The summed E-state index contributed by atoms with van der Waals surface area (Å²) >= 11 is 5.82. The van der Waals surface area contributed by atoms with E-state index in [2.05, 4.69) is 5.32 Å². The standard InChI is InChI=1S/C13H16ClF3N2O2S/c1-18-7-9-4-5-19(8-9)22(20,21)12-6-10(13(15,16)17)2-3-11(12)14/h2-3,6,9,18H,4-5,7-8H2,1H3/t9-/m1/s1. The van der Waals surface area contributed by atoms with Gasteiger partial charge >= 0.3 is 6.18 Å². The molecule has 0 aliphatic carbocycles. The first-order valence-corrected chi connectivity index (χ1v) is 8.49. The quantitative estimate of drug-likeness (QED) is 0.902. The molecule has 0 amide bonds. The Morgan fingerprint density at radius 3 is 2.68 bits per heavy atom. The third-order valence-electron chi connectivity index (χ3n) is 3.62. The fourth-order valence-electron chi connectivity index (χ4n) is 2.49. The van der Waals surface area contributed by atoms with Crippen molar-refractivity contribution in [1.82, 2.24) is 9.62 Å². The summed E-state index contributed by atoms with van der Waals surface area (Å²) < 4.78 is 64.6. The van der Waals surface area contributed by atoms with Gasteiger partial charge in [0, 0.05) is 13.1 Å². The van der Waals surface area contributed by atoms with Crippen LogP contribution in [-0.2, 0) is 16.2 Å². The van der Waals surface area contributed by atoms with Crippen LogP contribution in [0.2, 0.25) is 5.02 Å². The van der Waals surface area contributed by atoms with E-state index in [1.54, 1.807) is 7.05 Å². The van der Waals surface area contributed by atoms with Gasteiger partial charge in [-0.3, -0.25) is 0 Å². The van der Waals surface area contributed by atoms with Crippen molar-refractivity contribution in [3.8, 4) is 0 Å². The van der Waals surface area contributed by atoms with Crippen molar-refractivity contribution in [2.75, 3.05) is 26.7 Å². The molecule has 22 heavy (non-hydrogen) atoms. The molecule has 1 atom stereocenters. The Bertz CT molecular complexity index is 649. The highest BCUT2D eigenvalue weighted by atomic mass is 35.5. The van der Waals surface area contributed by atoms with Crippen LogP contribution in [0, 0.1) is 5.92 Å². The number of rotatable bonds is 4. The lowest BCUT2D eigenvalue weighted by Gasteiger charge is -2.18. The van der Waals surface area contributed by atoms with Gasteiger partial charge in [0.2, 0.25) is 10.0 Å². The molecule has 9 heteroatoms. The first kappa shape index (κ1) is 17.5. The first-order valence-electron chi connectivity index (χ1n) is 6.67. The van der Waals surface area contributed by atoms with Gasteiger partial charge in [-0.1, -0.05) is 11.6 Å². The fraction of sp³-hybridized carbons (Fsp3) is 0.538. The Balaban J connectivity index is 2.34. The molecule has 1 aliphatic heterocycles. The fourth-order valence-corrected chi connectivity index (χ4v) is 4.52. The summed E-state index contributed by atoms with van der Waals surface area (Å²) in [6.07, 6.45) is -3.95. The Morgan fingerprint density at radius 1 is 1.41 bits per heavy atom. The summed E-state index contributed by atoms with van der Waals surface area (Å²) in [5.41, 5.74) is -1.03. The minimum atomic E-state index is -4.62. The zero-order valence-corrected chi connectivity index (χ0v) is 13.4. The molecular weight excluding hydrogens is 341 g/mol. The Morgan fingerprint density at radius 2 is 2.09 bits per heavy atom. The molecule has 1 heterocycles. The lowest BCUT2D eigenvalue weighted by Crippen LogP contribution is -2.30. The van der Waals surface area contributed by atoms with Crippen LogP contribution in [0.3, 0.4) is 0 Å². The van der Waals surface area contributed by atoms with Crippen molar-refractivity contribution >= 4 is 21.6 Å². The summed E-state index contributed by atoms with van der Waals surface area (Å²) in [4.78, 5) is -0.492. The molecule has 1 fully saturated rings. The zero-order chi connectivity index (χ0) is 16.5. The van der Waals surface area contributed by atoms with E-state index < -0.39 is 26.7 Å². The lowest BCUT2D eigenvalue weighted by atomic mass is 10.1. The summed E-state index contributed by atoms with van der Waals surface area (Å²) in [5.74, 6) is 0.143. The van der Waals surface area contributed by atoms with Gasteiger partial charge in [0.15, 0.2) is 0 Å². The highest BCUT2D eigenvalue weighted by Crippen LogP contribution is 2.35. The molecule has 0 aromatic heterocycles. The van der Waals surface area contributed by atoms with E-state index in [0.717, 1.165) is 12.1 Å². The molecule has 1 aliphatic rings. The third-order valence-corrected chi connectivity index (χ3v) is 5.96. The molecule has 1 N–H and O–H groups in total. The minimum absolute atomic E-state index is 0.143. The monoisotopic (exact) mass is 356 g/mol. The molecule has 1 aromatic carbocycles. The van der Waals surface area contributed by atoms with E-state index in [1.165, 1.54) is 4.31 Å². The molecule has 0 unspecified atom stereocenters. The number of halogens is 4. The maximum Gasteiger partial charge on any atom is 0.416 e. The second-order valence-electron chi connectivity index (χ2n) is 5.22. The van der Waals surface area contributed by atoms with Crippen molar-refractivity contribution in [2.45, 2.75) is 17.5 Å². The van der Waals surface area contributed by atoms with Gasteiger partial charge in [-0.05, 0) is 44.1 Å². The van der Waals surface area contributed by atoms with Crippen LogP contribution in [-0.4, -0.2) is 39.4 Å². The number of sulfonamides is 1. The predicted octanol–water partition coefficient (Wildman–Crippen LogP) is 2.59. The van der Waals surface area contributed by atoms with Gasteiger partial charge in [-0.25, -0.2) is 8.42 Å². The highest BCUT2D eigenvalue weighted by Gasteiger charge is 2.36. The smallest absolute Gasteiger partial charge is 0.319 e. The van der Waals surface area contributed by atoms with Crippen molar-refractivity contribution in [1.29, 1.82) is 0 Å².